The Balaban J connectivity index is 2.27. The van der Waals surface area contributed by atoms with Crippen LogP contribution in [0.2, 0.25) is 0 Å². The van der Waals surface area contributed by atoms with E-state index in [1.807, 2.05) is 24.3 Å². The molecule has 146 valence electrons. The summed E-state index contributed by atoms with van der Waals surface area (Å²) in [5, 5.41) is 1.52. The van der Waals surface area contributed by atoms with E-state index in [9.17, 15) is 9.59 Å². The molecular formula is C24H26O4. The molecule has 0 saturated heterocycles. The van der Waals surface area contributed by atoms with Gasteiger partial charge in [-0.05, 0) is 39.0 Å². The standard InChI is InChI=1S/C24H26O4/c1-6-16-11-12-19-20(13-16)22(28-24(26)15(4)5)18-10-8-7-9-17(18)21(19)27-23(25)14(2)3/h7-10,16H,2,4,6,11-13H2,1,3,5H3. The van der Waals surface area contributed by atoms with E-state index in [0.29, 0.717) is 28.6 Å². The highest BCUT2D eigenvalue weighted by atomic mass is 16.5. The van der Waals surface area contributed by atoms with Crippen molar-refractivity contribution < 1.29 is 19.1 Å². The van der Waals surface area contributed by atoms with Crippen LogP contribution < -0.4 is 9.47 Å². The van der Waals surface area contributed by atoms with Gasteiger partial charge in [0.1, 0.15) is 11.5 Å². The molecule has 1 aliphatic rings. The molecule has 0 heterocycles. The zero-order valence-electron chi connectivity index (χ0n) is 16.8. The van der Waals surface area contributed by atoms with E-state index in [1.54, 1.807) is 13.8 Å². The maximum atomic E-state index is 12.3. The molecule has 4 nitrogen and oxygen atoms in total. The van der Waals surface area contributed by atoms with Gasteiger partial charge >= 0.3 is 11.9 Å². The molecule has 0 fully saturated rings. The van der Waals surface area contributed by atoms with Gasteiger partial charge in [-0.1, -0.05) is 50.8 Å². The lowest BCUT2D eigenvalue weighted by Gasteiger charge is -2.28. The van der Waals surface area contributed by atoms with E-state index in [-0.39, 0.29) is 0 Å². The maximum Gasteiger partial charge on any atom is 0.338 e. The first-order valence-corrected chi connectivity index (χ1v) is 9.65. The van der Waals surface area contributed by atoms with Crippen LogP contribution in [0.1, 0.15) is 44.7 Å². The number of hydrogen-bond acceptors (Lipinski definition) is 4. The Hall–Kier alpha value is -2.88. The van der Waals surface area contributed by atoms with Crippen LogP contribution in [0.4, 0.5) is 0 Å². The van der Waals surface area contributed by atoms with E-state index >= 15 is 0 Å². The van der Waals surface area contributed by atoms with E-state index < -0.39 is 11.9 Å². The third-order valence-corrected chi connectivity index (χ3v) is 5.29. The summed E-state index contributed by atoms with van der Waals surface area (Å²) in [5.74, 6) is 0.727. The summed E-state index contributed by atoms with van der Waals surface area (Å²) in [6, 6.07) is 7.55. The SMILES string of the molecule is C=C(C)C(=O)Oc1c2c(c(OC(=O)C(=C)C)c3ccccc13)CC(CC)CC2. The van der Waals surface area contributed by atoms with Gasteiger partial charge < -0.3 is 9.47 Å². The Morgan fingerprint density at radius 1 is 0.964 bits per heavy atom. The van der Waals surface area contributed by atoms with Crippen molar-refractivity contribution in [2.24, 2.45) is 5.92 Å². The third kappa shape index (κ3) is 3.72. The molecule has 1 aliphatic carbocycles. The second-order valence-electron chi connectivity index (χ2n) is 7.52. The largest absolute Gasteiger partial charge is 0.422 e. The van der Waals surface area contributed by atoms with Gasteiger partial charge in [-0.2, -0.15) is 0 Å². The third-order valence-electron chi connectivity index (χ3n) is 5.29. The number of hydrogen-bond donors (Lipinski definition) is 0. The average Bonchev–Trinajstić information content (AvgIpc) is 2.69. The summed E-state index contributed by atoms with van der Waals surface area (Å²) in [4.78, 5) is 24.6. The lowest BCUT2D eigenvalue weighted by molar-refractivity contribution is -0.131. The summed E-state index contributed by atoms with van der Waals surface area (Å²) in [6.07, 6.45) is 3.61. The first kappa shape index (κ1) is 19.9. The van der Waals surface area contributed by atoms with Gasteiger partial charge in [-0.25, -0.2) is 9.59 Å². The summed E-state index contributed by atoms with van der Waals surface area (Å²) in [6.45, 7) is 12.8. The fraction of sp³-hybridized carbons (Fsp3) is 0.333. The molecule has 0 radical (unpaired) electrons. The second kappa shape index (κ2) is 8.01. The van der Waals surface area contributed by atoms with Gasteiger partial charge in [0.05, 0.1) is 0 Å². The zero-order valence-corrected chi connectivity index (χ0v) is 16.8. The van der Waals surface area contributed by atoms with Crippen molar-refractivity contribution in [3.63, 3.8) is 0 Å². The van der Waals surface area contributed by atoms with Crippen LogP contribution >= 0.6 is 0 Å². The molecular weight excluding hydrogens is 352 g/mol. The summed E-state index contributed by atoms with van der Waals surface area (Å²) >= 11 is 0. The summed E-state index contributed by atoms with van der Waals surface area (Å²) in [7, 11) is 0. The normalized spacial score (nSPS) is 15.6. The molecule has 2 aromatic carbocycles. The minimum Gasteiger partial charge on any atom is -0.422 e. The quantitative estimate of drug-likeness (QED) is 0.401. The van der Waals surface area contributed by atoms with Crippen LogP contribution in [0.3, 0.4) is 0 Å². The van der Waals surface area contributed by atoms with Crippen LogP contribution in [0, 0.1) is 5.92 Å². The molecule has 0 N–H and O–H groups in total. The fourth-order valence-corrected chi connectivity index (χ4v) is 3.64. The highest BCUT2D eigenvalue weighted by Crippen LogP contribution is 2.46. The summed E-state index contributed by atoms with van der Waals surface area (Å²) < 4.78 is 11.6. The number of carbonyl (C=O) groups is 2. The number of benzene rings is 2. The van der Waals surface area contributed by atoms with E-state index in [0.717, 1.165) is 47.6 Å². The Bertz CT molecular complexity index is 984. The number of carbonyl (C=O) groups excluding carboxylic acids is 2. The Kier molecular flexibility index (Phi) is 5.68. The van der Waals surface area contributed by atoms with Crippen molar-refractivity contribution in [1.29, 1.82) is 0 Å². The number of rotatable bonds is 5. The van der Waals surface area contributed by atoms with Gasteiger partial charge in [0, 0.05) is 33.0 Å². The highest BCUT2D eigenvalue weighted by molar-refractivity contribution is 6.01. The van der Waals surface area contributed by atoms with Crippen molar-refractivity contribution >= 4 is 22.7 Å². The van der Waals surface area contributed by atoms with Gasteiger partial charge in [0.2, 0.25) is 0 Å². The number of esters is 2. The molecule has 0 bridgehead atoms. The van der Waals surface area contributed by atoms with Gasteiger partial charge in [0.25, 0.3) is 0 Å². The first-order valence-electron chi connectivity index (χ1n) is 9.65. The molecule has 1 unspecified atom stereocenters. The first-order chi connectivity index (χ1) is 13.3. The Morgan fingerprint density at radius 3 is 1.93 bits per heavy atom. The summed E-state index contributed by atoms with van der Waals surface area (Å²) in [5.41, 5.74) is 2.59. The predicted molar refractivity (Wildman–Crippen MR) is 111 cm³/mol. The van der Waals surface area contributed by atoms with Crippen molar-refractivity contribution in [2.75, 3.05) is 0 Å². The highest BCUT2D eigenvalue weighted by Gasteiger charge is 2.29. The fourth-order valence-electron chi connectivity index (χ4n) is 3.64. The minimum absolute atomic E-state index is 0.345. The average molecular weight is 378 g/mol. The lowest BCUT2D eigenvalue weighted by Crippen LogP contribution is -2.20. The molecule has 0 aromatic heterocycles. The van der Waals surface area contributed by atoms with Gasteiger partial charge in [-0.15, -0.1) is 0 Å². The number of ether oxygens (including phenoxy) is 2. The molecule has 2 aromatic rings. The van der Waals surface area contributed by atoms with E-state index in [2.05, 4.69) is 20.1 Å². The molecule has 3 rings (SSSR count). The number of fused-ring (bicyclic) bond motifs is 2. The van der Waals surface area contributed by atoms with E-state index in [1.165, 1.54) is 0 Å². The molecule has 0 aliphatic heterocycles. The van der Waals surface area contributed by atoms with Gasteiger partial charge in [0.15, 0.2) is 0 Å². The van der Waals surface area contributed by atoms with Gasteiger partial charge in [-0.3, -0.25) is 0 Å². The Morgan fingerprint density at radius 2 is 1.46 bits per heavy atom. The maximum absolute atomic E-state index is 12.3. The molecule has 0 saturated carbocycles. The van der Waals surface area contributed by atoms with Crippen molar-refractivity contribution in [2.45, 2.75) is 46.5 Å². The van der Waals surface area contributed by atoms with Crippen LogP contribution in [0.5, 0.6) is 11.5 Å². The molecule has 0 spiro atoms. The smallest absolute Gasteiger partial charge is 0.338 e. The van der Waals surface area contributed by atoms with Crippen LogP contribution in [0.25, 0.3) is 10.8 Å². The predicted octanol–water partition coefficient (Wildman–Crippen LogP) is 5.32. The molecule has 1 atom stereocenters. The van der Waals surface area contributed by atoms with Crippen LogP contribution in [-0.4, -0.2) is 11.9 Å². The molecule has 4 heteroatoms. The molecule has 28 heavy (non-hydrogen) atoms. The topological polar surface area (TPSA) is 52.6 Å². The minimum atomic E-state index is -0.448. The van der Waals surface area contributed by atoms with Crippen molar-refractivity contribution in [3.8, 4) is 11.5 Å². The zero-order chi connectivity index (χ0) is 20.4. The van der Waals surface area contributed by atoms with E-state index in [4.69, 9.17) is 9.47 Å². The van der Waals surface area contributed by atoms with Crippen LogP contribution in [0.15, 0.2) is 48.6 Å². The monoisotopic (exact) mass is 378 g/mol. The Labute approximate surface area is 165 Å². The lowest BCUT2D eigenvalue weighted by atomic mass is 9.80. The molecule has 0 amide bonds. The van der Waals surface area contributed by atoms with Crippen molar-refractivity contribution in [3.05, 3.63) is 59.7 Å². The second-order valence-corrected chi connectivity index (χ2v) is 7.52. The van der Waals surface area contributed by atoms with Crippen LogP contribution in [-0.2, 0) is 22.4 Å². The van der Waals surface area contributed by atoms with Crippen molar-refractivity contribution in [1.82, 2.24) is 0 Å².